The van der Waals surface area contributed by atoms with Gasteiger partial charge in [-0.1, -0.05) is 13.8 Å². The molecule has 4 heterocycles. The molecule has 0 saturated carbocycles. The summed E-state index contributed by atoms with van der Waals surface area (Å²) in [5.41, 5.74) is 7.95. The highest BCUT2D eigenvalue weighted by atomic mass is 16.5. The molecule has 1 aliphatic rings. The maximum atomic E-state index is 5.38. The Morgan fingerprint density at radius 2 is 1.83 bits per heavy atom. The molecular weight excluding hydrogens is 360 g/mol. The van der Waals surface area contributed by atoms with Gasteiger partial charge in [0.05, 0.1) is 29.4 Å². The van der Waals surface area contributed by atoms with Crippen molar-refractivity contribution in [3.63, 3.8) is 0 Å². The normalized spacial score (nSPS) is 15.2. The lowest BCUT2D eigenvalue weighted by Gasteiger charge is -2.34. The van der Waals surface area contributed by atoms with Crippen LogP contribution in [-0.4, -0.2) is 41.3 Å². The standard InChI is InChI=1S/C24H32N4O/c1-15(2)20-9-8-19(24(25-20)27-10-7-11-27)22-16(3)12-21-23(26-22)17(4)13-28(21)18(5)14-29-6/h8-9,12-13,15,18H,7,10-11,14H2,1-6H3. The van der Waals surface area contributed by atoms with E-state index in [1.54, 1.807) is 7.11 Å². The molecule has 5 heteroatoms. The molecule has 3 aromatic rings. The Kier molecular flexibility index (Phi) is 5.34. The minimum absolute atomic E-state index is 0.270. The molecule has 3 aromatic heterocycles. The molecule has 0 N–H and O–H groups in total. The molecule has 5 nitrogen and oxygen atoms in total. The number of rotatable bonds is 6. The van der Waals surface area contributed by atoms with Crippen LogP contribution in [0.3, 0.4) is 0 Å². The molecule has 1 fully saturated rings. The third-order valence-electron chi connectivity index (χ3n) is 5.96. The molecule has 0 radical (unpaired) electrons. The zero-order valence-corrected chi connectivity index (χ0v) is 18.5. The molecule has 154 valence electrons. The van der Waals surface area contributed by atoms with Gasteiger partial charge in [0.1, 0.15) is 5.82 Å². The minimum atomic E-state index is 0.270. The predicted octanol–water partition coefficient (Wildman–Crippen LogP) is 5.26. The van der Waals surface area contributed by atoms with Crippen LogP contribution in [0.2, 0.25) is 0 Å². The minimum Gasteiger partial charge on any atom is -0.383 e. The van der Waals surface area contributed by atoms with Crippen molar-refractivity contribution in [1.29, 1.82) is 0 Å². The van der Waals surface area contributed by atoms with Crippen LogP contribution in [0.5, 0.6) is 0 Å². The van der Waals surface area contributed by atoms with Crippen LogP contribution in [0, 0.1) is 13.8 Å². The largest absolute Gasteiger partial charge is 0.383 e. The van der Waals surface area contributed by atoms with Crippen molar-refractivity contribution in [2.75, 3.05) is 31.7 Å². The van der Waals surface area contributed by atoms with Crippen LogP contribution in [0.15, 0.2) is 24.4 Å². The molecule has 29 heavy (non-hydrogen) atoms. The van der Waals surface area contributed by atoms with Crippen molar-refractivity contribution in [2.45, 2.75) is 53.0 Å². The van der Waals surface area contributed by atoms with Crippen LogP contribution in [-0.2, 0) is 4.74 Å². The number of aryl methyl sites for hydroxylation is 2. The molecule has 0 amide bonds. The van der Waals surface area contributed by atoms with Crippen LogP contribution in [0.25, 0.3) is 22.3 Å². The summed E-state index contributed by atoms with van der Waals surface area (Å²) in [5, 5.41) is 0. The fourth-order valence-corrected chi connectivity index (χ4v) is 4.12. The molecule has 1 aliphatic heterocycles. The number of methoxy groups -OCH3 is 1. The van der Waals surface area contributed by atoms with Crippen molar-refractivity contribution in [1.82, 2.24) is 14.5 Å². The average molecular weight is 393 g/mol. The molecule has 0 bridgehead atoms. The van der Waals surface area contributed by atoms with Crippen molar-refractivity contribution in [2.24, 2.45) is 0 Å². The molecule has 0 aromatic carbocycles. The van der Waals surface area contributed by atoms with E-state index < -0.39 is 0 Å². The molecular formula is C24H32N4O. The summed E-state index contributed by atoms with van der Waals surface area (Å²) in [6.07, 6.45) is 3.43. The number of ether oxygens (including phenoxy) is 1. The number of nitrogens with zero attached hydrogens (tertiary/aromatic N) is 4. The fourth-order valence-electron chi connectivity index (χ4n) is 4.12. The van der Waals surface area contributed by atoms with Gasteiger partial charge in [-0.15, -0.1) is 0 Å². The number of hydrogen-bond acceptors (Lipinski definition) is 4. The first-order valence-electron chi connectivity index (χ1n) is 10.6. The maximum absolute atomic E-state index is 5.38. The predicted molar refractivity (Wildman–Crippen MR) is 120 cm³/mol. The van der Waals surface area contributed by atoms with E-state index in [2.05, 4.69) is 68.5 Å². The fraction of sp³-hybridized carbons (Fsp3) is 0.500. The second-order valence-corrected chi connectivity index (χ2v) is 8.65. The Balaban J connectivity index is 1.86. The Labute approximate surface area is 173 Å². The summed E-state index contributed by atoms with van der Waals surface area (Å²) in [6, 6.07) is 6.92. The zero-order valence-electron chi connectivity index (χ0n) is 18.5. The zero-order chi connectivity index (χ0) is 20.7. The van der Waals surface area contributed by atoms with Gasteiger partial charge in [0.25, 0.3) is 0 Å². The summed E-state index contributed by atoms with van der Waals surface area (Å²) in [6.45, 7) is 13.7. The SMILES string of the molecule is COCC(C)n1cc(C)c2nc(-c3ccc(C(C)C)nc3N3CCC3)c(C)cc21. The Morgan fingerprint density at radius 3 is 2.45 bits per heavy atom. The summed E-state index contributed by atoms with van der Waals surface area (Å²) in [7, 11) is 1.75. The number of hydrogen-bond donors (Lipinski definition) is 0. The number of fused-ring (bicyclic) bond motifs is 1. The van der Waals surface area contributed by atoms with E-state index in [1.807, 2.05) is 0 Å². The van der Waals surface area contributed by atoms with E-state index in [0.717, 1.165) is 41.4 Å². The Bertz CT molecular complexity index is 1030. The first kappa shape index (κ1) is 19.9. The van der Waals surface area contributed by atoms with Crippen LogP contribution in [0.4, 0.5) is 5.82 Å². The van der Waals surface area contributed by atoms with Crippen LogP contribution in [0.1, 0.15) is 56.0 Å². The second-order valence-electron chi connectivity index (χ2n) is 8.65. The van der Waals surface area contributed by atoms with Crippen molar-refractivity contribution in [3.05, 3.63) is 41.2 Å². The van der Waals surface area contributed by atoms with Gasteiger partial charge in [-0.05, 0) is 62.4 Å². The van der Waals surface area contributed by atoms with E-state index in [1.165, 1.54) is 23.1 Å². The first-order valence-corrected chi connectivity index (χ1v) is 10.6. The van der Waals surface area contributed by atoms with Gasteiger partial charge in [-0.25, -0.2) is 9.97 Å². The monoisotopic (exact) mass is 392 g/mol. The highest BCUT2D eigenvalue weighted by molar-refractivity contribution is 5.86. The van der Waals surface area contributed by atoms with Gasteiger partial charge >= 0.3 is 0 Å². The molecule has 0 aliphatic carbocycles. The third kappa shape index (κ3) is 3.52. The third-order valence-corrected chi connectivity index (χ3v) is 5.96. The highest BCUT2D eigenvalue weighted by Gasteiger charge is 2.23. The highest BCUT2D eigenvalue weighted by Crippen LogP contribution is 2.36. The van der Waals surface area contributed by atoms with Gasteiger partial charge in [-0.2, -0.15) is 0 Å². The maximum Gasteiger partial charge on any atom is 0.138 e. The molecule has 0 spiro atoms. The van der Waals surface area contributed by atoms with E-state index in [-0.39, 0.29) is 6.04 Å². The Morgan fingerprint density at radius 1 is 1.07 bits per heavy atom. The van der Waals surface area contributed by atoms with E-state index in [4.69, 9.17) is 14.7 Å². The average Bonchev–Trinajstić information content (AvgIpc) is 2.96. The van der Waals surface area contributed by atoms with Gasteiger partial charge in [0, 0.05) is 37.7 Å². The van der Waals surface area contributed by atoms with Crippen LogP contribution >= 0.6 is 0 Å². The van der Waals surface area contributed by atoms with E-state index >= 15 is 0 Å². The quantitative estimate of drug-likeness (QED) is 0.574. The number of pyridine rings is 2. The molecule has 1 unspecified atom stereocenters. The molecule has 1 atom stereocenters. The number of anilines is 1. The summed E-state index contributed by atoms with van der Waals surface area (Å²) in [5.74, 6) is 1.50. The lowest BCUT2D eigenvalue weighted by Crippen LogP contribution is -2.38. The van der Waals surface area contributed by atoms with Crippen molar-refractivity contribution < 1.29 is 4.74 Å². The Hall–Kier alpha value is -2.40. The van der Waals surface area contributed by atoms with Crippen molar-refractivity contribution >= 4 is 16.9 Å². The summed E-state index contributed by atoms with van der Waals surface area (Å²) >= 11 is 0. The molecule has 4 rings (SSSR count). The lowest BCUT2D eigenvalue weighted by molar-refractivity contribution is 0.164. The van der Waals surface area contributed by atoms with Gasteiger partial charge in [0.2, 0.25) is 0 Å². The number of aromatic nitrogens is 3. The van der Waals surface area contributed by atoms with E-state index in [9.17, 15) is 0 Å². The smallest absolute Gasteiger partial charge is 0.138 e. The van der Waals surface area contributed by atoms with Gasteiger partial charge in [-0.3, -0.25) is 0 Å². The second kappa shape index (κ2) is 7.79. The molecule has 1 saturated heterocycles. The van der Waals surface area contributed by atoms with Crippen LogP contribution < -0.4 is 4.90 Å². The lowest BCUT2D eigenvalue weighted by atomic mass is 10.0. The van der Waals surface area contributed by atoms with Gasteiger partial charge in [0.15, 0.2) is 0 Å². The van der Waals surface area contributed by atoms with E-state index in [0.29, 0.717) is 12.5 Å². The first-order chi connectivity index (χ1) is 13.9. The van der Waals surface area contributed by atoms with Crippen molar-refractivity contribution in [3.8, 4) is 11.3 Å². The summed E-state index contributed by atoms with van der Waals surface area (Å²) < 4.78 is 7.66. The topological polar surface area (TPSA) is 43.2 Å². The van der Waals surface area contributed by atoms with Gasteiger partial charge < -0.3 is 14.2 Å². The summed E-state index contributed by atoms with van der Waals surface area (Å²) in [4.78, 5) is 12.6.